The number of amides is 2. The van der Waals surface area contributed by atoms with E-state index in [0.717, 1.165) is 0 Å². The number of aliphatic hydroxyl groups excluding tert-OH is 1. The van der Waals surface area contributed by atoms with Crippen molar-refractivity contribution in [3.8, 4) is 0 Å². The van der Waals surface area contributed by atoms with Crippen LogP contribution in [0.25, 0.3) is 0 Å². The molecule has 6 heteroatoms. The molecule has 0 saturated carbocycles. The number of hydrogen-bond donors (Lipinski definition) is 3. The van der Waals surface area contributed by atoms with Crippen molar-refractivity contribution in [1.29, 1.82) is 0 Å². The summed E-state index contributed by atoms with van der Waals surface area (Å²) in [5.74, 6) is -0.634. The fourth-order valence-corrected chi connectivity index (χ4v) is 1.46. The molecule has 6 nitrogen and oxygen atoms in total. The first-order valence-corrected chi connectivity index (χ1v) is 6.33. The highest BCUT2D eigenvalue weighted by Crippen LogP contribution is 2.00. The van der Waals surface area contributed by atoms with Gasteiger partial charge in [0.15, 0.2) is 0 Å². The maximum absolute atomic E-state index is 11.7. The van der Waals surface area contributed by atoms with Gasteiger partial charge in [0, 0.05) is 6.54 Å². The van der Waals surface area contributed by atoms with E-state index in [-0.39, 0.29) is 11.8 Å². The van der Waals surface area contributed by atoms with Crippen LogP contribution in [0, 0.1) is 0 Å². The highest BCUT2D eigenvalue weighted by Gasteiger charge is 2.16. The van der Waals surface area contributed by atoms with E-state index < -0.39 is 12.1 Å². The van der Waals surface area contributed by atoms with Gasteiger partial charge in [-0.2, -0.15) is 0 Å². The standard InChI is InChI=1S/C13H20N2O4/c1-3-11(16)4-6-14-12(17)9(2)15-13(18)10-5-7-19-8-10/h5,7-9,11,16H,3-4,6H2,1-2H3,(H,14,17)(H,15,18). The van der Waals surface area contributed by atoms with E-state index in [2.05, 4.69) is 10.6 Å². The summed E-state index contributed by atoms with van der Waals surface area (Å²) in [5.41, 5.74) is 0.376. The minimum atomic E-state index is -0.638. The van der Waals surface area contributed by atoms with Crippen LogP contribution in [0.2, 0.25) is 0 Å². The summed E-state index contributed by atoms with van der Waals surface area (Å²) in [6, 6.07) is 0.888. The average Bonchev–Trinajstić information content (AvgIpc) is 2.92. The minimum absolute atomic E-state index is 0.278. The topological polar surface area (TPSA) is 91.6 Å². The molecule has 0 saturated heterocycles. The van der Waals surface area contributed by atoms with Gasteiger partial charge in [-0.15, -0.1) is 0 Å². The molecule has 0 spiro atoms. The lowest BCUT2D eigenvalue weighted by Crippen LogP contribution is -2.45. The molecule has 1 rings (SSSR count). The molecule has 19 heavy (non-hydrogen) atoms. The van der Waals surface area contributed by atoms with Gasteiger partial charge in [0.25, 0.3) is 5.91 Å². The Labute approximate surface area is 112 Å². The van der Waals surface area contributed by atoms with Gasteiger partial charge in [-0.05, 0) is 25.8 Å². The predicted molar refractivity (Wildman–Crippen MR) is 69.6 cm³/mol. The third-order valence-corrected chi connectivity index (χ3v) is 2.77. The third kappa shape index (κ3) is 5.13. The Kier molecular flexibility index (Phi) is 6.08. The van der Waals surface area contributed by atoms with Crippen LogP contribution in [-0.2, 0) is 4.79 Å². The molecule has 0 fully saturated rings. The zero-order valence-electron chi connectivity index (χ0n) is 11.2. The Bertz CT molecular complexity index is 403. The van der Waals surface area contributed by atoms with Gasteiger partial charge in [-0.1, -0.05) is 6.92 Å². The highest BCUT2D eigenvalue weighted by molar-refractivity contribution is 5.97. The van der Waals surface area contributed by atoms with E-state index in [9.17, 15) is 14.7 Å². The molecule has 1 aromatic rings. The van der Waals surface area contributed by atoms with Crippen molar-refractivity contribution in [2.45, 2.75) is 38.8 Å². The second-order valence-electron chi connectivity index (χ2n) is 4.35. The van der Waals surface area contributed by atoms with Crippen LogP contribution in [0.3, 0.4) is 0 Å². The summed E-state index contributed by atoms with van der Waals surface area (Å²) in [6.45, 7) is 3.86. The van der Waals surface area contributed by atoms with Gasteiger partial charge in [0.2, 0.25) is 5.91 Å². The Morgan fingerprint density at radius 2 is 2.21 bits per heavy atom. The number of hydrogen-bond acceptors (Lipinski definition) is 4. The van der Waals surface area contributed by atoms with Crippen molar-refractivity contribution in [3.05, 3.63) is 24.2 Å². The summed E-state index contributed by atoms with van der Waals surface area (Å²) < 4.78 is 4.79. The molecule has 0 aliphatic rings. The van der Waals surface area contributed by atoms with Crippen molar-refractivity contribution < 1.29 is 19.1 Å². The van der Waals surface area contributed by atoms with E-state index in [0.29, 0.717) is 24.9 Å². The molecule has 0 radical (unpaired) electrons. The number of nitrogens with one attached hydrogen (secondary N) is 2. The van der Waals surface area contributed by atoms with Gasteiger partial charge in [0.05, 0.1) is 17.9 Å². The number of furan rings is 1. The van der Waals surface area contributed by atoms with Crippen LogP contribution < -0.4 is 10.6 Å². The van der Waals surface area contributed by atoms with Crippen LogP contribution in [0.1, 0.15) is 37.0 Å². The van der Waals surface area contributed by atoms with E-state index in [1.807, 2.05) is 6.92 Å². The molecule has 106 valence electrons. The van der Waals surface area contributed by atoms with Crippen molar-refractivity contribution in [1.82, 2.24) is 10.6 Å². The van der Waals surface area contributed by atoms with Gasteiger partial charge in [-0.25, -0.2) is 0 Å². The molecule has 3 N–H and O–H groups in total. The molecule has 2 atom stereocenters. The number of rotatable bonds is 7. The second kappa shape index (κ2) is 7.58. The second-order valence-corrected chi connectivity index (χ2v) is 4.35. The van der Waals surface area contributed by atoms with E-state index in [4.69, 9.17) is 4.42 Å². The smallest absolute Gasteiger partial charge is 0.255 e. The fourth-order valence-electron chi connectivity index (χ4n) is 1.46. The molecule has 1 aromatic heterocycles. The molecule has 0 aromatic carbocycles. The maximum atomic E-state index is 11.7. The van der Waals surface area contributed by atoms with Gasteiger partial charge in [0.1, 0.15) is 12.3 Å². The SMILES string of the molecule is CCC(O)CCNC(=O)C(C)NC(=O)c1ccoc1. The van der Waals surface area contributed by atoms with Crippen molar-refractivity contribution in [3.63, 3.8) is 0 Å². The molecular formula is C13H20N2O4. The van der Waals surface area contributed by atoms with Crippen molar-refractivity contribution >= 4 is 11.8 Å². The van der Waals surface area contributed by atoms with Crippen molar-refractivity contribution in [2.24, 2.45) is 0 Å². The predicted octanol–water partition coefficient (Wildman–Crippen LogP) is 0.675. The van der Waals surface area contributed by atoms with Gasteiger partial charge in [-0.3, -0.25) is 9.59 Å². The van der Waals surface area contributed by atoms with Gasteiger partial charge < -0.3 is 20.2 Å². The van der Waals surface area contributed by atoms with Crippen LogP contribution >= 0.6 is 0 Å². The minimum Gasteiger partial charge on any atom is -0.472 e. The molecular weight excluding hydrogens is 248 g/mol. The van der Waals surface area contributed by atoms with Gasteiger partial charge >= 0.3 is 0 Å². The summed E-state index contributed by atoms with van der Waals surface area (Å²) in [7, 11) is 0. The zero-order chi connectivity index (χ0) is 14.3. The third-order valence-electron chi connectivity index (χ3n) is 2.77. The first-order chi connectivity index (χ1) is 9.04. The average molecular weight is 268 g/mol. The zero-order valence-corrected chi connectivity index (χ0v) is 11.2. The number of aliphatic hydroxyl groups is 1. The molecule has 2 unspecified atom stereocenters. The summed E-state index contributed by atoms with van der Waals surface area (Å²) in [4.78, 5) is 23.3. The normalized spacial score (nSPS) is 13.6. The van der Waals surface area contributed by atoms with Crippen LogP contribution in [0.15, 0.2) is 23.0 Å². The molecule has 0 aliphatic heterocycles. The maximum Gasteiger partial charge on any atom is 0.255 e. The van der Waals surface area contributed by atoms with Crippen LogP contribution in [0.4, 0.5) is 0 Å². The largest absolute Gasteiger partial charge is 0.472 e. The Morgan fingerprint density at radius 1 is 1.47 bits per heavy atom. The van der Waals surface area contributed by atoms with E-state index in [1.54, 1.807) is 6.92 Å². The molecule has 1 heterocycles. The quantitative estimate of drug-likeness (QED) is 0.678. The molecule has 2 amide bonds. The monoisotopic (exact) mass is 268 g/mol. The molecule has 0 bridgehead atoms. The van der Waals surface area contributed by atoms with Crippen molar-refractivity contribution in [2.75, 3.05) is 6.54 Å². The first-order valence-electron chi connectivity index (χ1n) is 6.33. The summed E-state index contributed by atoms with van der Waals surface area (Å²) in [5, 5.41) is 14.6. The first kappa shape index (κ1) is 15.2. The van der Waals surface area contributed by atoms with Crippen LogP contribution in [-0.4, -0.2) is 35.6 Å². The lowest BCUT2D eigenvalue weighted by atomic mass is 10.2. The Morgan fingerprint density at radius 3 is 2.79 bits per heavy atom. The lowest BCUT2D eigenvalue weighted by Gasteiger charge is -2.14. The Hall–Kier alpha value is -1.82. The van der Waals surface area contributed by atoms with E-state index >= 15 is 0 Å². The molecule has 0 aliphatic carbocycles. The van der Waals surface area contributed by atoms with E-state index in [1.165, 1.54) is 18.6 Å². The lowest BCUT2D eigenvalue weighted by molar-refractivity contribution is -0.122. The fraction of sp³-hybridized carbons (Fsp3) is 0.538. The summed E-state index contributed by atoms with van der Waals surface area (Å²) >= 11 is 0. The number of carbonyl (C=O) groups excluding carboxylic acids is 2. The van der Waals surface area contributed by atoms with Crippen LogP contribution in [0.5, 0.6) is 0 Å². The highest BCUT2D eigenvalue weighted by atomic mass is 16.3. The Balaban J connectivity index is 2.30. The number of carbonyl (C=O) groups is 2. The summed E-state index contributed by atoms with van der Waals surface area (Å²) in [6.07, 6.45) is 3.47.